The van der Waals surface area contributed by atoms with Gasteiger partial charge in [0.05, 0.1) is 13.7 Å². The van der Waals surface area contributed by atoms with E-state index in [1.807, 2.05) is 12.1 Å². The third-order valence-electron chi connectivity index (χ3n) is 3.20. The smallest absolute Gasteiger partial charge is 0.165 e. The Bertz CT molecular complexity index is 394. The first-order valence-electron chi connectivity index (χ1n) is 7.79. The summed E-state index contributed by atoms with van der Waals surface area (Å²) in [6.45, 7) is 7.04. The summed E-state index contributed by atoms with van der Waals surface area (Å²) in [5.41, 5.74) is 1.12. The van der Waals surface area contributed by atoms with Crippen molar-refractivity contribution in [3.05, 3.63) is 23.8 Å². The first-order valence-corrected chi connectivity index (χ1v) is 7.79. The van der Waals surface area contributed by atoms with E-state index in [1.54, 1.807) is 7.11 Å². The summed E-state index contributed by atoms with van der Waals surface area (Å²) >= 11 is 0. The summed E-state index contributed by atoms with van der Waals surface area (Å²) in [4.78, 5) is 0. The second-order valence-corrected chi connectivity index (χ2v) is 5.61. The number of rotatable bonds is 11. The highest BCUT2D eigenvalue weighted by Gasteiger charge is 2.10. The predicted molar refractivity (Wildman–Crippen MR) is 86.0 cm³/mol. The van der Waals surface area contributed by atoms with Gasteiger partial charge in [-0.2, -0.15) is 0 Å². The predicted octanol–water partition coefficient (Wildman–Crippen LogP) is 2.98. The molecule has 0 unspecified atom stereocenters. The van der Waals surface area contributed by atoms with Crippen LogP contribution in [0.4, 0.5) is 0 Å². The second-order valence-electron chi connectivity index (χ2n) is 5.61. The zero-order valence-electron chi connectivity index (χ0n) is 13.5. The van der Waals surface area contributed by atoms with Crippen LogP contribution in [-0.2, 0) is 6.54 Å². The molecule has 4 nitrogen and oxygen atoms in total. The van der Waals surface area contributed by atoms with Gasteiger partial charge in [-0.25, -0.2) is 0 Å². The molecule has 0 aliphatic rings. The molecule has 0 radical (unpaired) electrons. The summed E-state index contributed by atoms with van der Waals surface area (Å²) in [7, 11) is 1.67. The number of hydrogen-bond donors (Lipinski definition) is 2. The third-order valence-corrected chi connectivity index (χ3v) is 3.20. The van der Waals surface area contributed by atoms with E-state index in [-0.39, 0.29) is 6.61 Å². The standard InChI is InChI=1S/C17H29NO3/c1-14(2)12-18-13-15-8-7-9-16(20-3)17(15)21-11-6-4-5-10-19/h7-9,14,18-19H,4-6,10-13H2,1-3H3. The molecule has 0 saturated heterocycles. The largest absolute Gasteiger partial charge is 0.493 e. The van der Waals surface area contributed by atoms with E-state index in [1.165, 1.54) is 0 Å². The van der Waals surface area contributed by atoms with Crippen molar-refractivity contribution >= 4 is 0 Å². The fraction of sp³-hybridized carbons (Fsp3) is 0.647. The molecular formula is C17H29NO3. The van der Waals surface area contributed by atoms with Crippen molar-refractivity contribution in [2.75, 3.05) is 26.9 Å². The molecule has 0 bridgehead atoms. The molecule has 1 aromatic rings. The third kappa shape index (κ3) is 6.82. The van der Waals surface area contributed by atoms with Gasteiger partial charge in [-0.15, -0.1) is 0 Å². The Hall–Kier alpha value is -1.26. The van der Waals surface area contributed by atoms with E-state index in [4.69, 9.17) is 14.6 Å². The first kappa shape index (κ1) is 17.8. The summed E-state index contributed by atoms with van der Waals surface area (Å²) in [6.07, 6.45) is 2.75. The van der Waals surface area contributed by atoms with Gasteiger partial charge in [0.2, 0.25) is 0 Å². The van der Waals surface area contributed by atoms with Gasteiger partial charge in [-0.3, -0.25) is 0 Å². The number of methoxy groups -OCH3 is 1. The highest BCUT2D eigenvalue weighted by Crippen LogP contribution is 2.31. The van der Waals surface area contributed by atoms with Crippen molar-refractivity contribution < 1.29 is 14.6 Å². The van der Waals surface area contributed by atoms with E-state index >= 15 is 0 Å². The quantitative estimate of drug-likeness (QED) is 0.616. The molecule has 0 amide bonds. The highest BCUT2D eigenvalue weighted by molar-refractivity contribution is 5.46. The van der Waals surface area contributed by atoms with Crippen molar-refractivity contribution in [1.29, 1.82) is 0 Å². The van der Waals surface area contributed by atoms with Crippen LogP contribution in [0, 0.1) is 5.92 Å². The zero-order valence-corrected chi connectivity index (χ0v) is 13.5. The van der Waals surface area contributed by atoms with Gasteiger partial charge in [-0.05, 0) is 37.8 Å². The molecule has 21 heavy (non-hydrogen) atoms. The Morgan fingerprint density at radius 2 is 2.00 bits per heavy atom. The number of aliphatic hydroxyl groups is 1. The van der Waals surface area contributed by atoms with Gasteiger partial charge < -0.3 is 19.9 Å². The lowest BCUT2D eigenvalue weighted by Gasteiger charge is -2.16. The molecule has 0 aliphatic heterocycles. The topological polar surface area (TPSA) is 50.7 Å². The molecule has 0 spiro atoms. The Kier molecular flexibility index (Phi) is 8.87. The van der Waals surface area contributed by atoms with Crippen LogP contribution in [-0.4, -0.2) is 32.0 Å². The molecule has 0 saturated carbocycles. The van der Waals surface area contributed by atoms with Crippen LogP contribution in [0.15, 0.2) is 18.2 Å². The normalized spacial score (nSPS) is 10.9. The minimum absolute atomic E-state index is 0.249. The number of unbranched alkanes of at least 4 members (excludes halogenated alkanes) is 2. The fourth-order valence-electron chi connectivity index (χ4n) is 2.09. The molecule has 2 N–H and O–H groups in total. The van der Waals surface area contributed by atoms with Gasteiger partial charge in [0.15, 0.2) is 11.5 Å². The molecule has 0 aromatic heterocycles. The molecule has 4 heteroatoms. The van der Waals surface area contributed by atoms with E-state index in [2.05, 4.69) is 25.2 Å². The fourth-order valence-corrected chi connectivity index (χ4v) is 2.09. The van der Waals surface area contributed by atoms with E-state index in [9.17, 15) is 0 Å². The summed E-state index contributed by atoms with van der Waals surface area (Å²) in [6, 6.07) is 5.98. The SMILES string of the molecule is COc1cccc(CNCC(C)C)c1OCCCCCO. The van der Waals surface area contributed by atoms with Gasteiger partial charge >= 0.3 is 0 Å². The summed E-state index contributed by atoms with van der Waals surface area (Å²) in [5.74, 6) is 2.24. The van der Waals surface area contributed by atoms with Crippen LogP contribution >= 0.6 is 0 Å². The Balaban J connectivity index is 2.59. The molecule has 120 valence electrons. The monoisotopic (exact) mass is 295 g/mol. The number of ether oxygens (including phenoxy) is 2. The van der Waals surface area contributed by atoms with Gasteiger partial charge in [0.1, 0.15) is 0 Å². The minimum atomic E-state index is 0.249. The van der Waals surface area contributed by atoms with Crippen LogP contribution in [0.1, 0.15) is 38.7 Å². The molecule has 1 rings (SSSR count). The zero-order chi connectivity index (χ0) is 15.5. The number of para-hydroxylation sites is 1. The lowest BCUT2D eigenvalue weighted by atomic mass is 10.1. The van der Waals surface area contributed by atoms with Crippen molar-refractivity contribution in [2.45, 2.75) is 39.7 Å². The molecule has 0 heterocycles. The van der Waals surface area contributed by atoms with E-state index in [0.717, 1.165) is 49.4 Å². The maximum atomic E-state index is 8.78. The van der Waals surface area contributed by atoms with Crippen molar-refractivity contribution in [2.24, 2.45) is 5.92 Å². The Morgan fingerprint density at radius 1 is 1.19 bits per heavy atom. The molecule has 1 aromatic carbocycles. The lowest BCUT2D eigenvalue weighted by molar-refractivity contribution is 0.259. The first-order chi connectivity index (χ1) is 10.2. The minimum Gasteiger partial charge on any atom is -0.493 e. The van der Waals surface area contributed by atoms with Crippen LogP contribution in [0.3, 0.4) is 0 Å². The van der Waals surface area contributed by atoms with Crippen LogP contribution in [0.2, 0.25) is 0 Å². The average Bonchev–Trinajstić information content (AvgIpc) is 2.47. The summed E-state index contributed by atoms with van der Waals surface area (Å²) < 4.78 is 11.3. The number of nitrogens with one attached hydrogen (secondary N) is 1. The Labute approximate surface area is 128 Å². The van der Waals surface area contributed by atoms with Crippen molar-refractivity contribution in [1.82, 2.24) is 5.32 Å². The average molecular weight is 295 g/mol. The molecule has 0 fully saturated rings. The van der Waals surface area contributed by atoms with Gasteiger partial charge in [0.25, 0.3) is 0 Å². The molecular weight excluding hydrogens is 266 g/mol. The van der Waals surface area contributed by atoms with Crippen LogP contribution in [0.5, 0.6) is 11.5 Å². The number of aliphatic hydroxyl groups excluding tert-OH is 1. The second kappa shape index (κ2) is 10.5. The van der Waals surface area contributed by atoms with Gasteiger partial charge in [-0.1, -0.05) is 26.0 Å². The van der Waals surface area contributed by atoms with Gasteiger partial charge in [0, 0.05) is 18.7 Å². The molecule has 0 aliphatic carbocycles. The Morgan fingerprint density at radius 3 is 2.67 bits per heavy atom. The number of benzene rings is 1. The lowest BCUT2D eigenvalue weighted by Crippen LogP contribution is -2.19. The van der Waals surface area contributed by atoms with Crippen LogP contribution in [0.25, 0.3) is 0 Å². The van der Waals surface area contributed by atoms with Crippen molar-refractivity contribution in [3.63, 3.8) is 0 Å². The van der Waals surface area contributed by atoms with Crippen LogP contribution < -0.4 is 14.8 Å². The number of hydrogen-bond acceptors (Lipinski definition) is 4. The van der Waals surface area contributed by atoms with E-state index in [0.29, 0.717) is 12.5 Å². The van der Waals surface area contributed by atoms with E-state index < -0.39 is 0 Å². The highest BCUT2D eigenvalue weighted by atomic mass is 16.5. The maximum absolute atomic E-state index is 8.78. The molecule has 0 atom stereocenters. The maximum Gasteiger partial charge on any atom is 0.165 e. The summed E-state index contributed by atoms with van der Waals surface area (Å²) in [5, 5.41) is 12.2. The van der Waals surface area contributed by atoms with Crippen molar-refractivity contribution in [3.8, 4) is 11.5 Å².